The number of rotatable bonds is 5. The van der Waals surface area contributed by atoms with Gasteiger partial charge >= 0.3 is 23.8 Å². The summed E-state index contributed by atoms with van der Waals surface area (Å²) in [5.74, 6) is -7.71. The van der Waals surface area contributed by atoms with Crippen molar-refractivity contribution < 1.29 is 37.4 Å². The van der Waals surface area contributed by atoms with Crippen LogP contribution in [0.2, 0.25) is 0 Å². The van der Waals surface area contributed by atoms with Crippen LogP contribution < -0.4 is 0 Å². The molecule has 3 rings (SSSR count). The lowest BCUT2D eigenvalue weighted by Crippen LogP contribution is -2.43. The van der Waals surface area contributed by atoms with Crippen LogP contribution >= 0.6 is 0 Å². The van der Waals surface area contributed by atoms with Crippen molar-refractivity contribution in [2.24, 2.45) is 0 Å². The monoisotopic (exact) mass is 376 g/mol. The molecule has 1 fully saturated rings. The summed E-state index contributed by atoms with van der Waals surface area (Å²) >= 11 is 0. The minimum absolute atomic E-state index is 0.0349. The van der Waals surface area contributed by atoms with Gasteiger partial charge in [-0.15, -0.1) is 0 Å². The van der Waals surface area contributed by atoms with Crippen LogP contribution in [-0.4, -0.2) is 42.6 Å². The second-order valence-electron chi connectivity index (χ2n) is 5.72. The molecule has 2 aromatic rings. The van der Waals surface area contributed by atoms with Gasteiger partial charge in [-0.3, -0.25) is 0 Å². The van der Waals surface area contributed by atoms with Crippen molar-refractivity contribution in [2.45, 2.75) is 18.1 Å². The van der Waals surface area contributed by atoms with Gasteiger partial charge in [0.25, 0.3) is 0 Å². The van der Waals surface area contributed by atoms with Crippen molar-refractivity contribution in [2.75, 3.05) is 6.61 Å². The van der Waals surface area contributed by atoms with Gasteiger partial charge in [-0.1, -0.05) is 36.4 Å². The highest BCUT2D eigenvalue weighted by atomic mass is 19.3. The van der Waals surface area contributed by atoms with Crippen LogP contribution in [0.1, 0.15) is 20.7 Å². The first-order valence-electron chi connectivity index (χ1n) is 7.96. The molecule has 0 spiro atoms. The Balaban J connectivity index is 1.70. The molecule has 0 N–H and O–H groups in total. The molecule has 1 aliphatic heterocycles. The Morgan fingerprint density at radius 1 is 0.926 bits per heavy atom. The van der Waals surface area contributed by atoms with Crippen LogP contribution in [0.5, 0.6) is 0 Å². The summed E-state index contributed by atoms with van der Waals surface area (Å²) in [5.41, 5.74) is 0.235. The Hall–Kier alpha value is -3.29. The fraction of sp³-hybridized carbons (Fsp3) is 0.211. The number of esters is 3. The summed E-state index contributed by atoms with van der Waals surface area (Å²) < 4.78 is 42.5. The van der Waals surface area contributed by atoms with Crippen molar-refractivity contribution in [3.05, 3.63) is 71.8 Å². The van der Waals surface area contributed by atoms with Gasteiger partial charge < -0.3 is 14.2 Å². The minimum Gasteiger partial charge on any atom is -0.458 e. The molecule has 0 amide bonds. The van der Waals surface area contributed by atoms with Crippen LogP contribution in [-0.2, 0) is 19.0 Å². The van der Waals surface area contributed by atoms with Crippen molar-refractivity contribution in [3.8, 4) is 0 Å². The molecule has 6 nitrogen and oxygen atoms in total. The van der Waals surface area contributed by atoms with Gasteiger partial charge in [-0.2, -0.15) is 8.78 Å². The maximum atomic E-state index is 14.1. The van der Waals surface area contributed by atoms with E-state index in [0.29, 0.717) is 0 Å². The smallest absolute Gasteiger partial charge is 0.382 e. The van der Waals surface area contributed by atoms with E-state index in [1.54, 1.807) is 24.3 Å². The molecular weight excluding hydrogens is 362 g/mol. The lowest BCUT2D eigenvalue weighted by atomic mass is 10.1. The van der Waals surface area contributed by atoms with Gasteiger partial charge in [0.2, 0.25) is 6.10 Å². The van der Waals surface area contributed by atoms with E-state index in [0.717, 1.165) is 0 Å². The number of ether oxygens (including phenoxy) is 3. The van der Waals surface area contributed by atoms with E-state index < -0.39 is 42.6 Å². The highest BCUT2D eigenvalue weighted by Crippen LogP contribution is 2.34. The molecule has 140 valence electrons. The standard InChI is InChI=1S/C19H14F2O6/c20-19(21)15(27-17(23)13-9-5-2-6-10-13)14(26-18(19)24)11-25-16(22)12-7-3-1-4-8-12/h1-10,14-15H,11H2/t14-,15-/m1/s1. The van der Waals surface area contributed by atoms with Gasteiger partial charge in [0, 0.05) is 0 Å². The molecule has 0 bridgehead atoms. The highest BCUT2D eigenvalue weighted by Gasteiger charge is 2.63. The number of alkyl halides is 2. The molecule has 1 heterocycles. The lowest BCUT2D eigenvalue weighted by Gasteiger charge is -2.20. The maximum Gasteiger partial charge on any atom is 0.382 e. The van der Waals surface area contributed by atoms with E-state index >= 15 is 0 Å². The normalized spacial score (nSPS) is 20.6. The van der Waals surface area contributed by atoms with E-state index in [1.165, 1.54) is 36.4 Å². The summed E-state index contributed by atoms with van der Waals surface area (Å²) in [6.07, 6.45) is -3.82. The fourth-order valence-corrected chi connectivity index (χ4v) is 2.47. The maximum absolute atomic E-state index is 14.1. The molecule has 0 radical (unpaired) electrons. The third-order valence-electron chi connectivity index (χ3n) is 3.86. The Labute approximate surface area is 152 Å². The molecule has 0 aromatic heterocycles. The largest absolute Gasteiger partial charge is 0.458 e. The van der Waals surface area contributed by atoms with Gasteiger partial charge in [0.1, 0.15) is 6.61 Å². The third-order valence-corrected chi connectivity index (χ3v) is 3.86. The number of cyclic esters (lactones) is 1. The number of carbonyl (C=O) groups is 3. The second kappa shape index (κ2) is 7.53. The zero-order valence-electron chi connectivity index (χ0n) is 13.8. The molecule has 0 aliphatic carbocycles. The first-order valence-corrected chi connectivity index (χ1v) is 7.96. The van der Waals surface area contributed by atoms with Crippen molar-refractivity contribution in [1.82, 2.24) is 0 Å². The van der Waals surface area contributed by atoms with Crippen molar-refractivity contribution >= 4 is 17.9 Å². The third kappa shape index (κ3) is 3.94. The molecular formula is C19H14F2O6. The van der Waals surface area contributed by atoms with Crippen LogP contribution in [0, 0.1) is 0 Å². The number of halogens is 2. The summed E-state index contributed by atoms with van der Waals surface area (Å²) in [6.45, 7) is -0.679. The van der Waals surface area contributed by atoms with E-state index in [2.05, 4.69) is 4.74 Å². The highest BCUT2D eigenvalue weighted by molar-refractivity contribution is 5.91. The number of hydrogen-bond donors (Lipinski definition) is 0. The SMILES string of the molecule is O=C(OC[C@H]1OC(=O)C(F)(F)[C@@H]1OC(=O)c1ccccc1)c1ccccc1. The Bertz CT molecular complexity index is 838. The number of benzene rings is 2. The summed E-state index contributed by atoms with van der Waals surface area (Å²) in [4.78, 5) is 35.5. The van der Waals surface area contributed by atoms with E-state index in [9.17, 15) is 23.2 Å². The Morgan fingerprint density at radius 2 is 1.44 bits per heavy atom. The number of carbonyl (C=O) groups excluding carboxylic acids is 3. The molecule has 2 aromatic carbocycles. The zero-order chi connectivity index (χ0) is 19.4. The van der Waals surface area contributed by atoms with Crippen molar-refractivity contribution in [1.29, 1.82) is 0 Å². The van der Waals surface area contributed by atoms with Crippen LogP contribution in [0.25, 0.3) is 0 Å². The Morgan fingerprint density at radius 3 is 2.00 bits per heavy atom. The molecule has 0 saturated carbocycles. The minimum atomic E-state index is -4.05. The summed E-state index contributed by atoms with van der Waals surface area (Å²) in [6, 6.07) is 15.3. The first-order chi connectivity index (χ1) is 12.9. The zero-order valence-corrected chi connectivity index (χ0v) is 13.8. The summed E-state index contributed by atoms with van der Waals surface area (Å²) in [7, 11) is 0. The van der Waals surface area contributed by atoms with E-state index in [-0.39, 0.29) is 11.1 Å². The molecule has 1 saturated heterocycles. The van der Waals surface area contributed by atoms with E-state index in [4.69, 9.17) is 9.47 Å². The quantitative estimate of drug-likeness (QED) is 0.590. The van der Waals surface area contributed by atoms with Gasteiger partial charge in [-0.05, 0) is 24.3 Å². The average molecular weight is 376 g/mol. The van der Waals surface area contributed by atoms with Gasteiger partial charge in [0.05, 0.1) is 11.1 Å². The topological polar surface area (TPSA) is 78.9 Å². The van der Waals surface area contributed by atoms with Crippen LogP contribution in [0.15, 0.2) is 60.7 Å². The molecule has 27 heavy (non-hydrogen) atoms. The predicted molar refractivity (Wildman–Crippen MR) is 87.2 cm³/mol. The first kappa shape index (κ1) is 18.5. The van der Waals surface area contributed by atoms with Crippen LogP contribution in [0.3, 0.4) is 0 Å². The summed E-state index contributed by atoms with van der Waals surface area (Å²) in [5, 5.41) is 0. The molecule has 0 unspecified atom stereocenters. The molecule has 8 heteroatoms. The van der Waals surface area contributed by atoms with E-state index in [1.807, 2.05) is 0 Å². The Kier molecular flexibility index (Phi) is 5.16. The molecule has 2 atom stereocenters. The van der Waals surface area contributed by atoms with Gasteiger partial charge in [0.15, 0.2) is 6.10 Å². The predicted octanol–water partition coefficient (Wildman–Crippen LogP) is 2.63. The van der Waals surface area contributed by atoms with Gasteiger partial charge in [-0.25, -0.2) is 14.4 Å². The average Bonchev–Trinajstić information content (AvgIpc) is 2.90. The lowest BCUT2D eigenvalue weighted by molar-refractivity contribution is -0.163. The molecule has 1 aliphatic rings. The number of hydrogen-bond acceptors (Lipinski definition) is 6. The second-order valence-corrected chi connectivity index (χ2v) is 5.72. The van der Waals surface area contributed by atoms with Crippen LogP contribution in [0.4, 0.5) is 8.78 Å². The van der Waals surface area contributed by atoms with Crippen molar-refractivity contribution in [3.63, 3.8) is 0 Å². The fourth-order valence-electron chi connectivity index (χ4n) is 2.47.